The molecule has 0 atom stereocenters. The van der Waals surface area contributed by atoms with E-state index in [0.717, 1.165) is 22.0 Å². The van der Waals surface area contributed by atoms with E-state index in [4.69, 9.17) is 5.11 Å². The SMILES string of the molecule is Cc1ccc2[nH]cc(CC(=O)N(C)CC(=O)O)c2c1. The van der Waals surface area contributed by atoms with E-state index < -0.39 is 5.97 Å². The average Bonchev–Trinajstić information content (AvgIpc) is 2.71. The van der Waals surface area contributed by atoms with Crippen molar-refractivity contribution in [1.82, 2.24) is 9.88 Å². The first-order valence-corrected chi connectivity index (χ1v) is 5.99. The number of aliphatic carboxylic acids is 1. The largest absolute Gasteiger partial charge is 0.480 e. The molecule has 1 amide bonds. The number of amides is 1. The van der Waals surface area contributed by atoms with Crippen LogP contribution in [0.2, 0.25) is 0 Å². The number of aromatic nitrogens is 1. The van der Waals surface area contributed by atoms with Gasteiger partial charge in [0.2, 0.25) is 5.91 Å². The van der Waals surface area contributed by atoms with Crippen molar-refractivity contribution in [2.45, 2.75) is 13.3 Å². The van der Waals surface area contributed by atoms with E-state index >= 15 is 0 Å². The van der Waals surface area contributed by atoms with E-state index in [1.54, 1.807) is 6.20 Å². The molecule has 2 N–H and O–H groups in total. The third-order valence-corrected chi connectivity index (χ3v) is 3.06. The van der Waals surface area contributed by atoms with Crippen molar-refractivity contribution in [3.8, 4) is 0 Å². The molecule has 0 saturated carbocycles. The Bertz CT molecular complexity index is 631. The Morgan fingerprint density at radius 3 is 2.79 bits per heavy atom. The van der Waals surface area contributed by atoms with Crippen LogP contribution in [0, 0.1) is 6.92 Å². The van der Waals surface area contributed by atoms with Crippen molar-refractivity contribution in [1.29, 1.82) is 0 Å². The molecule has 5 heteroatoms. The maximum absolute atomic E-state index is 11.9. The Morgan fingerprint density at radius 1 is 1.37 bits per heavy atom. The molecule has 0 unspecified atom stereocenters. The summed E-state index contributed by atoms with van der Waals surface area (Å²) in [5, 5.41) is 9.68. The number of rotatable bonds is 4. The lowest BCUT2D eigenvalue weighted by Crippen LogP contribution is -2.33. The summed E-state index contributed by atoms with van der Waals surface area (Å²) >= 11 is 0. The van der Waals surface area contributed by atoms with Crippen LogP contribution in [0.4, 0.5) is 0 Å². The number of hydrogen-bond donors (Lipinski definition) is 2. The van der Waals surface area contributed by atoms with Crippen molar-refractivity contribution in [2.24, 2.45) is 0 Å². The van der Waals surface area contributed by atoms with Crippen LogP contribution in [-0.4, -0.2) is 40.5 Å². The first kappa shape index (κ1) is 13.1. The van der Waals surface area contributed by atoms with Crippen LogP contribution in [0.3, 0.4) is 0 Å². The summed E-state index contributed by atoms with van der Waals surface area (Å²) in [6, 6.07) is 5.99. The van der Waals surface area contributed by atoms with Crippen LogP contribution in [0.1, 0.15) is 11.1 Å². The van der Waals surface area contributed by atoms with Gasteiger partial charge in [-0.1, -0.05) is 11.6 Å². The Balaban J connectivity index is 2.19. The molecule has 0 radical (unpaired) electrons. The van der Waals surface area contributed by atoms with Gasteiger partial charge in [-0.05, 0) is 24.6 Å². The zero-order valence-electron chi connectivity index (χ0n) is 10.9. The van der Waals surface area contributed by atoms with Crippen LogP contribution in [0.15, 0.2) is 24.4 Å². The predicted octanol–water partition coefficient (Wildman–Crippen LogP) is 1.56. The van der Waals surface area contributed by atoms with Gasteiger partial charge in [-0.15, -0.1) is 0 Å². The van der Waals surface area contributed by atoms with Gasteiger partial charge in [0.25, 0.3) is 0 Å². The molecular formula is C14H16N2O3. The molecule has 100 valence electrons. The number of aromatic amines is 1. The minimum absolute atomic E-state index is 0.202. The normalized spacial score (nSPS) is 10.6. The fourth-order valence-corrected chi connectivity index (χ4v) is 2.03. The number of carbonyl (C=O) groups is 2. The summed E-state index contributed by atoms with van der Waals surface area (Å²) in [5.41, 5.74) is 3.00. The molecule has 0 aliphatic carbocycles. The van der Waals surface area contributed by atoms with Crippen molar-refractivity contribution in [3.05, 3.63) is 35.5 Å². The molecule has 1 aromatic carbocycles. The number of H-pyrrole nitrogens is 1. The molecule has 1 aromatic heterocycles. The number of carbonyl (C=O) groups excluding carboxylic acids is 1. The molecule has 0 saturated heterocycles. The highest BCUT2D eigenvalue weighted by Crippen LogP contribution is 2.20. The second-order valence-corrected chi connectivity index (χ2v) is 4.68. The number of nitrogens with one attached hydrogen (secondary N) is 1. The molecule has 0 fully saturated rings. The number of hydrogen-bond acceptors (Lipinski definition) is 2. The van der Waals surface area contributed by atoms with Gasteiger partial charge in [0.1, 0.15) is 6.54 Å². The Morgan fingerprint density at radius 2 is 2.11 bits per heavy atom. The summed E-state index contributed by atoms with van der Waals surface area (Å²) in [4.78, 5) is 26.8. The van der Waals surface area contributed by atoms with E-state index in [1.807, 2.05) is 25.1 Å². The number of carboxylic acid groups (broad SMARTS) is 1. The zero-order valence-corrected chi connectivity index (χ0v) is 10.9. The number of benzene rings is 1. The van der Waals surface area contributed by atoms with Crippen LogP contribution in [-0.2, 0) is 16.0 Å². The first-order valence-electron chi connectivity index (χ1n) is 5.99. The van der Waals surface area contributed by atoms with Crippen molar-refractivity contribution in [3.63, 3.8) is 0 Å². The number of likely N-dealkylation sites (N-methyl/N-ethyl adjacent to an activating group) is 1. The number of aryl methyl sites for hydroxylation is 1. The molecule has 19 heavy (non-hydrogen) atoms. The molecule has 0 aliphatic heterocycles. The predicted molar refractivity (Wildman–Crippen MR) is 72.0 cm³/mol. The highest BCUT2D eigenvalue weighted by molar-refractivity contribution is 5.90. The van der Waals surface area contributed by atoms with E-state index in [9.17, 15) is 9.59 Å². The monoisotopic (exact) mass is 260 g/mol. The summed E-state index contributed by atoms with van der Waals surface area (Å²) in [6.45, 7) is 1.72. The first-order chi connectivity index (χ1) is 8.97. The van der Waals surface area contributed by atoms with Gasteiger partial charge >= 0.3 is 5.97 Å². The number of fused-ring (bicyclic) bond motifs is 1. The Labute approximate surface area is 110 Å². The molecule has 1 heterocycles. The number of carboxylic acids is 1. The summed E-state index contributed by atoms with van der Waals surface area (Å²) in [6.07, 6.45) is 2.00. The van der Waals surface area contributed by atoms with Crippen molar-refractivity contribution < 1.29 is 14.7 Å². The van der Waals surface area contributed by atoms with E-state index in [2.05, 4.69) is 4.98 Å². The fraction of sp³-hybridized carbons (Fsp3) is 0.286. The highest BCUT2D eigenvalue weighted by Gasteiger charge is 2.14. The van der Waals surface area contributed by atoms with Crippen molar-refractivity contribution >= 4 is 22.8 Å². The smallest absolute Gasteiger partial charge is 0.323 e. The average molecular weight is 260 g/mol. The summed E-state index contributed by atoms with van der Waals surface area (Å²) in [7, 11) is 1.50. The van der Waals surface area contributed by atoms with Gasteiger partial charge in [-0.3, -0.25) is 9.59 Å². The topological polar surface area (TPSA) is 73.4 Å². The van der Waals surface area contributed by atoms with Gasteiger partial charge in [0.05, 0.1) is 6.42 Å². The highest BCUT2D eigenvalue weighted by atomic mass is 16.4. The minimum Gasteiger partial charge on any atom is -0.480 e. The van der Waals surface area contributed by atoms with Crippen LogP contribution >= 0.6 is 0 Å². The van der Waals surface area contributed by atoms with Gasteiger partial charge in [-0.25, -0.2) is 0 Å². The quantitative estimate of drug-likeness (QED) is 0.876. The van der Waals surface area contributed by atoms with Crippen LogP contribution in [0.5, 0.6) is 0 Å². The third kappa shape index (κ3) is 2.93. The van der Waals surface area contributed by atoms with Crippen LogP contribution in [0.25, 0.3) is 10.9 Å². The maximum Gasteiger partial charge on any atom is 0.323 e. The summed E-state index contributed by atoms with van der Waals surface area (Å²) in [5.74, 6) is -1.21. The Kier molecular flexibility index (Phi) is 3.55. The molecule has 2 aromatic rings. The van der Waals surface area contributed by atoms with Gasteiger partial charge < -0.3 is 15.0 Å². The minimum atomic E-state index is -1.01. The second kappa shape index (κ2) is 5.14. The molecule has 0 aliphatic rings. The van der Waals surface area contributed by atoms with Crippen LogP contribution < -0.4 is 0 Å². The fourth-order valence-electron chi connectivity index (χ4n) is 2.03. The molecule has 2 rings (SSSR count). The lowest BCUT2D eigenvalue weighted by atomic mass is 10.1. The zero-order chi connectivity index (χ0) is 14.0. The third-order valence-electron chi connectivity index (χ3n) is 3.06. The standard InChI is InChI=1S/C14H16N2O3/c1-9-3-4-12-11(5-9)10(7-15-12)6-13(17)16(2)8-14(18)19/h3-5,7,15H,6,8H2,1-2H3,(H,18,19). The van der Waals surface area contributed by atoms with Crippen molar-refractivity contribution in [2.75, 3.05) is 13.6 Å². The van der Waals surface area contributed by atoms with E-state index in [0.29, 0.717) is 0 Å². The van der Waals surface area contributed by atoms with Gasteiger partial charge in [0, 0.05) is 24.1 Å². The van der Waals surface area contributed by atoms with E-state index in [1.165, 1.54) is 11.9 Å². The Hall–Kier alpha value is -2.30. The summed E-state index contributed by atoms with van der Waals surface area (Å²) < 4.78 is 0. The lowest BCUT2D eigenvalue weighted by Gasteiger charge is -2.14. The molecule has 0 bridgehead atoms. The maximum atomic E-state index is 11.9. The molecule has 0 spiro atoms. The molecular weight excluding hydrogens is 244 g/mol. The second-order valence-electron chi connectivity index (χ2n) is 4.68. The molecule has 5 nitrogen and oxygen atoms in total. The number of nitrogens with zero attached hydrogens (tertiary/aromatic N) is 1. The van der Waals surface area contributed by atoms with E-state index in [-0.39, 0.29) is 18.9 Å². The van der Waals surface area contributed by atoms with Gasteiger partial charge in [-0.2, -0.15) is 0 Å². The lowest BCUT2D eigenvalue weighted by molar-refractivity contribution is -0.143. The van der Waals surface area contributed by atoms with Gasteiger partial charge in [0.15, 0.2) is 0 Å².